The summed E-state index contributed by atoms with van der Waals surface area (Å²) < 4.78 is 34.8. The number of hydrogen-bond acceptors (Lipinski definition) is 5. The van der Waals surface area contributed by atoms with Crippen LogP contribution in [0.2, 0.25) is 0 Å². The minimum atomic E-state index is -3.45. The Bertz CT molecular complexity index is 864. The highest BCUT2D eigenvalue weighted by atomic mass is 32.2. The van der Waals surface area contributed by atoms with E-state index in [1.165, 1.54) is 4.31 Å². The summed E-state index contributed by atoms with van der Waals surface area (Å²) in [5.41, 5.74) is 1.14. The van der Waals surface area contributed by atoms with Crippen LogP contribution in [0.25, 0.3) is 0 Å². The van der Waals surface area contributed by atoms with Crippen LogP contribution in [0.5, 0.6) is 0 Å². The molecule has 0 N–H and O–H groups in total. The van der Waals surface area contributed by atoms with Gasteiger partial charge in [-0.05, 0) is 36.5 Å². The first-order chi connectivity index (χ1) is 12.5. The molecule has 2 saturated heterocycles. The zero-order chi connectivity index (χ0) is 18.3. The molecule has 0 amide bonds. The molecule has 1 aromatic heterocycles. The van der Waals surface area contributed by atoms with Crippen molar-refractivity contribution in [1.82, 2.24) is 19.1 Å². The number of rotatable bonds is 5. The van der Waals surface area contributed by atoms with Crippen LogP contribution < -0.4 is 0 Å². The average molecular weight is 376 g/mol. The van der Waals surface area contributed by atoms with Gasteiger partial charge in [-0.3, -0.25) is 0 Å². The third-order valence-electron chi connectivity index (χ3n) is 5.23. The van der Waals surface area contributed by atoms with E-state index < -0.39 is 10.0 Å². The van der Waals surface area contributed by atoms with Crippen LogP contribution in [0.3, 0.4) is 0 Å². The topological polar surface area (TPSA) is 77.3 Å². The van der Waals surface area contributed by atoms with E-state index in [1.54, 1.807) is 18.5 Å². The number of benzene rings is 1. The van der Waals surface area contributed by atoms with Gasteiger partial charge in [-0.25, -0.2) is 8.42 Å². The van der Waals surface area contributed by atoms with Gasteiger partial charge in [-0.15, -0.1) is 10.2 Å². The summed E-state index contributed by atoms with van der Waals surface area (Å²) in [7, 11) is -3.45. The van der Waals surface area contributed by atoms with E-state index in [0.29, 0.717) is 23.9 Å². The molecule has 2 aliphatic rings. The second-order valence-corrected chi connectivity index (χ2v) is 9.24. The molecular weight excluding hydrogens is 352 g/mol. The Morgan fingerprint density at radius 1 is 1.19 bits per heavy atom. The maximum Gasteiger partial charge on any atom is 0.243 e. The molecule has 0 saturated carbocycles. The fraction of sp³-hybridized carbons (Fsp3) is 0.556. The Morgan fingerprint density at radius 3 is 2.54 bits per heavy atom. The molecule has 1 atom stereocenters. The van der Waals surface area contributed by atoms with Crippen LogP contribution in [0.15, 0.2) is 35.5 Å². The van der Waals surface area contributed by atoms with Crippen molar-refractivity contribution in [2.45, 2.75) is 49.6 Å². The van der Waals surface area contributed by atoms with Crippen molar-refractivity contribution in [2.24, 2.45) is 0 Å². The first-order valence-electron chi connectivity index (χ1n) is 9.08. The number of hydrogen-bond donors (Lipinski definition) is 0. The van der Waals surface area contributed by atoms with Gasteiger partial charge in [0, 0.05) is 19.7 Å². The molecule has 0 aliphatic carbocycles. The van der Waals surface area contributed by atoms with Gasteiger partial charge in [-0.2, -0.15) is 4.31 Å². The zero-order valence-electron chi connectivity index (χ0n) is 15.1. The first-order valence-corrected chi connectivity index (χ1v) is 10.5. The van der Waals surface area contributed by atoms with E-state index in [-0.39, 0.29) is 12.1 Å². The van der Waals surface area contributed by atoms with E-state index in [1.807, 2.05) is 16.7 Å². The Kier molecular flexibility index (Phi) is 4.58. The maximum absolute atomic E-state index is 12.8. The van der Waals surface area contributed by atoms with Crippen LogP contribution in [0.4, 0.5) is 0 Å². The minimum absolute atomic E-state index is 0.0215. The maximum atomic E-state index is 12.8. The molecule has 0 spiro atoms. The second-order valence-electron chi connectivity index (χ2n) is 7.30. The Labute approximate surface area is 154 Å². The summed E-state index contributed by atoms with van der Waals surface area (Å²) in [6.45, 7) is 5.80. The van der Waals surface area contributed by atoms with Crippen molar-refractivity contribution in [3.05, 3.63) is 42.0 Å². The smallest absolute Gasteiger partial charge is 0.243 e. The monoisotopic (exact) mass is 376 g/mol. The summed E-state index contributed by atoms with van der Waals surface area (Å²) in [4.78, 5) is 0.350. The highest BCUT2D eigenvalue weighted by molar-refractivity contribution is 7.89. The molecule has 3 heterocycles. The quantitative estimate of drug-likeness (QED) is 0.801. The molecule has 1 unspecified atom stereocenters. The van der Waals surface area contributed by atoms with E-state index in [4.69, 9.17) is 4.74 Å². The molecule has 2 fully saturated rings. The van der Waals surface area contributed by atoms with Crippen LogP contribution >= 0.6 is 0 Å². The van der Waals surface area contributed by atoms with Crippen LogP contribution in [0.1, 0.15) is 56.1 Å². The number of sulfonamides is 1. The van der Waals surface area contributed by atoms with Gasteiger partial charge in [0.15, 0.2) is 5.82 Å². The summed E-state index contributed by atoms with van der Waals surface area (Å²) in [5, 5.41) is 8.20. The molecule has 4 rings (SSSR count). The van der Waals surface area contributed by atoms with Crippen LogP contribution in [-0.4, -0.2) is 47.2 Å². The molecule has 26 heavy (non-hydrogen) atoms. The van der Waals surface area contributed by atoms with Crippen molar-refractivity contribution < 1.29 is 13.2 Å². The van der Waals surface area contributed by atoms with Crippen molar-refractivity contribution >= 4 is 10.0 Å². The normalized spacial score (nSPS) is 22.0. The van der Waals surface area contributed by atoms with Gasteiger partial charge in [0.05, 0.1) is 10.9 Å². The van der Waals surface area contributed by atoms with Crippen molar-refractivity contribution in [3.63, 3.8) is 0 Å². The number of aromatic nitrogens is 3. The van der Waals surface area contributed by atoms with E-state index >= 15 is 0 Å². The molecule has 0 radical (unpaired) electrons. The van der Waals surface area contributed by atoms with Gasteiger partial charge in [0.25, 0.3) is 0 Å². The lowest BCUT2D eigenvalue weighted by Gasteiger charge is -2.39. The molecule has 0 bridgehead atoms. The lowest BCUT2D eigenvalue weighted by atomic mass is 10.0. The Balaban J connectivity index is 1.46. The van der Waals surface area contributed by atoms with E-state index in [9.17, 15) is 8.42 Å². The third kappa shape index (κ3) is 3.06. The first kappa shape index (κ1) is 17.6. The van der Waals surface area contributed by atoms with Crippen LogP contribution in [-0.2, 0) is 14.8 Å². The molecule has 8 heteroatoms. The lowest BCUT2D eigenvalue weighted by molar-refractivity contribution is 0.0944. The lowest BCUT2D eigenvalue weighted by Crippen LogP contribution is -2.50. The summed E-state index contributed by atoms with van der Waals surface area (Å²) in [5.74, 6) is 1.19. The fourth-order valence-corrected chi connectivity index (χ4v) is 5.02. The second kappa shape index (κ2) is 6.75. The van der Waals surface area contributed by atoms with Gasteiger partial charge in [0.2, 0.25) is 10.0 Å². The van der Waals surface area contributed by atoms with Crippen molar-refractivity contribution in [1.29, 1.82) is 0 Å². The van der Waals surface area contributed by atoms with Crippen molar-refractivity contribution in [3.8, 4) is 0 Å². The van der Waals surface area contributed by atoms with Gasteiger partial charge in [0.1, 0.15) is 12.4 Å². The molecular formula is C18H24N4O3S. The largest absolute Gasteiger partial charge is 0.370 e. The fourth-order valence-electron chi connectivity index (χ4n) is 3.51. The molecule has 7 nitrogen and oxygen atoms in total. The SMILES string of the molecule is CC(C)c1ccc(S(=O)(=O)N2CC(n3cnnc3C3CCCO3)C2)cc1. The van der Waals surface area contributed by atoms with Crippen molar-refractivity contribution in [2.75, 3.05) is 19.7 Å². The Hall–Kier alpha value is -1.77. The zero-order valence-corrected chi connectivity index (χ0v) is 15.9. The van der Waals surface area contributed by atoms with E-state index in [0.717, 1.165) is 30.8 Å². The van der Waals surface area contributed by atoms with Gasteiger partial charge in [-0.1, -0.05) is 26.0 Å². The summed E-state index contributed by atoms with van der Waals surface area (Å²) >= 11 is 0. The van der Waals surface area contributed by atoms with E-state index in [2.05, 4.69) is 24.0 Å². The molecule has 1 aromatic carbocycles. The predicted octanol–water partition coefficient (Wildman–Crippen LogP) is 2.50. The number of nitrogens with zero attached hydrogens (tertiary/aromatic N) is 4. The highest BCUT2D eigenvalue weighted by Gasteiger charge is 2.39. The minimum Gasteiger partial charge on any atom is -0.370 e. The number of ether oxygens (including phenoxy) is 1. The Morgan fingerprint density at radius 2 is 1.92 bits per heavy atom. The highest BCUT2D eigenvalue weighted by Crippen LogP contribution is 2.33. The summed E-state index contributed by atoms with van der Waals surface area (Å²) in [6, 6.07) is 7.26. The summed E-state index contributed by atoms with van der Waals surface area (Å²) in [6.07, 6.45) is 3.63. The predicted molar refractivity (Wildman–Crippen MR) is 96.3 cm³/mol. The molecule has 140 valence electrons. The third-order valence-corrected chi connectivity index (χ3v) is 7.07. The van der Waals surface area contributed by atoms with Gasteiger partial charge < -0.3 is 9.30 Å². The van der Waals surface area contributed by atoms with Crippen LogP contribution in [0, 0.1) is 0 Å². The molecule has 2 aromatic rings. The molecule has 2 aliphatic heterocycles. The standard InChI is InChI=1S/C18H24N4O3S/c1-13(2)14-5-7-16(8-6-14)26(23,24)21-10-15(11-21)22-12-19-20-18(22)17-4-3-9-25-17/h5-8,12-13,15,17H,3-4,9-11H2,1-2H3. The average Bonchev–Trinajstić information content (AvgIpc) is 3.24. The van der Waals surface area contributed by atoms with Gasteiger partial charge >= 0.3 is 0 Å².